The Bertz CT molecular complexity index is 1230. The van der Waals surface area contributed by atoms with Gasteiger partial charge in [-0.3, -0.25) is 9.36 Å². The van der Waals surface area contributed by atoms with E-state index in [1.54, 1.807) is 18.2 Å². The number of hydrazone groups is 1. The first-order valence-corrected chi connectivity index (χ1v) is 9.26. The highest BCUT2D eigenvalue weighted by Gasteiger charge is 2.32. The van der Waals surface area contributed by atoms with Crippen molar-refractivity contribution in [3.8, 4) is 17.6 Å². The van der Waals surface area contributed by atoms with Gasteiger partial charge in [0.2, 0.25) is 5.88 Å². The highest BCUT2D eigenvalue weighted by atomic mass is 19.4. The first kappa shape index (κ1) is 21.9. The summed E-state index contributed by atoms with van der Waals surface area (Å²) in [4.78, 5) is 11.6. The van der Waals surface area contributed by atoms with E-state index < -0.39 is 24.1 Å². The van der Waals surface area contributed by atoms with E-state index >= 15 is 0 Å². The molecule has 0 aliphatic heterocycles. The molecule has 160 valence electrons. The number of fused-ring (bicyclic) bond motifs is 1. The fourth-order valence-corrected chi connectivity index (χ4v) is 3.46. The number of hydrogen-bond donors (Lipinski definition) is 2. The topological polar surface area (TPSA) is 90.4 Å². The van der Waals surface area contributed by atoms with E-state index in [4.69, 9.17) is 5.26 Å². The molecule has 0 aliphatic rings. The van der Waals surface area contributed by atoms with Crippen LogP contribution >= 0.6 is 0 Å². The zero-order valence-corrected chi connectivity index (χ0v) is 17.0. The fourth-order valence-electron chi connectivity index (χ4n) is 3.46. The fraction of sp³-hybridized carbons (Fsp3) is 0.227. The van der Waals surface area contributed by atoms with Crippen molar-refractivity contribution in [2.24, 2.45) is 5.10 Å². The molecule has 0 aliphatic carbocycles. The predicted octanol–water partition coefficient (Wildman–Crippen LogP) is 4.73. The smallest absolute Gasteiger partial charge is 0.416 e. The molecule has 2 N–H and O–H groups in total. The lowest BCUT2D eigenvalue weighted by atomic mass is 10.1. The lowest BCUT2D eigenvalue weighted by molar-refractivity contribution is -0.137. The van der Waals surface area contributed by atoms with E-state index in [9.17, 15) is 23.1 Å². The molecule has 1 heterocycles. The van der Waals surface area contributed by atoms with Gasteiger partial charge in [-0.2, -0.15) is 23.5 Å². The minimum atomic E-state index is -4.56. The van der Waals surface area contributed by atoms with Crippen molar-refractivity contribution in [2.75, 3.05) is 0 Å². The zero-order valence-electron chi connectivity index (χ0n) is 17.0. The Labute approximate surface area is 176 Å². The molecule has 0 bridgehead atoms. The maximum atomic E-state index is 13.4. The molecule has 0 saturated heterocycles. The highest BCUT2D eigenvalue weighted by molar-refractivity contribution is 6.13. The minimum absolute atomic E-state index is 0.144. The van der Waals surface area contributed by atoms with Crippen LogP contribution in [0, 0.1) is 25.2 Å². The average molecular weight is 428 g/mol. The average Bonchev–Trinajstić information content (AvgIpc) is 2.96. The number of halogens is 3. The molecule has 31 heavy (non-hydrogen) atoms. The van der Waals surface area contributed by atoms with Crippen molar-refractivity contribution in [1.29, 1.82) is 5.26 Å². The number of rotatable bonds is 4. The van der Waals surface area contributed by atoms with Crippen LogP contribution in [0.15, 0.2) is 41.5 Å². The number of nitrogens with one attached hydrogen (secondary N) is 1. The molecule has 0 spiro atoms. The molecule has 0 atom stereocenters. The number of nitriles is 1. The van der Waals surface area contributed by atoms with Gasteiger partial charge in [-0.25, -0.2) is 5.43 Å². The number of carbonyl (C=O) groups excluding carboxylic acids is 1. The minimum Gasteiger partial charge on any atom is -0.494 e. The maximum Gasteiger partial charge on any atom is 0.416 e. The first-order chi connectivity index (χ1) is 14.5. The van der Waals surface area contributed by atoms with E-state index in [0.29, 0.717) is 11.1 Å². The van der Waals surface area contributed by atoms with Crippen molar-refractivity contribution in [1.82, 2.24) is 9.99 Å². The SMILES string of the molecule is CC(=NNC(=O)CC#N)c1c(O)n(-c2cc(C)cc(C)c2)c2cc(C(F)(F)F)ccc12. The molecule has 6 nitrogen and oxygen atoms in total. The molecule has 1 aromatic heterocycles. The van der Waals surface area contributed by atoms with Crippen molar-refractivity contribution in [3.05, 3.63) is 58.7 Å². The number of benzene rings is 2. The summed E-state index contributed by atoms with van der Waals surface area (Å²) in [5.41, 5.74) is 4.09. The van der Waals surface area contributed by atoms with Crippen LogP contribution < -0.4 is 5.43 Å². The molecule has 2 aromatic carbocycles. The number of aryl methyl sites for hydroxylation is 2. The molecule has 0 unspecified atom stereocenters. The second-order valence-corrected chi connectivity index (χ2v) is 7.18. The van der Waals surface area contributed by atoms with Crippen LogP contribution in [0.2, 0.25) is 0 Å². The lowest BCUT2D eigenvalue weighted by Crippen LogP contribution is -2.18. The Morgan fingerprint density at radius 3 is 2.42 bits per heavy atom. The second-order valence-electron chi connectivity index (χ2n) is 7.18. The molecule has 0 saturated carbocycles. The zero-order chi connectivity index (χ0) is 22.9. The van der Waals surface area contributed by atoms with Gasteiger partial charge in [-0.15, -0.1) is 0 Å². The Morgan fingerprint density at radius 1 is 1.19 bits per heavy atom. The van der Waals surface area contributed by atoms with Gasteiger partial charge >= 0.3 is 6.18 Å². The third-order valence-electron chi connectivity index (χ3n) is 4.69. The van der Waals surface area contributed by atoms with Gasteiger partial charge in [0.05, 0.1) is 28.4 Å². The largest absolute Gasteiger partial charge is 0.494 e. The Balaban J connectivity index is 2.29. The van der Waals surface area contributed by atoms with Crippen molar-refractivity contribution in [3.63, 3.8) is 0 Å². The molecular formula is C22H19F3N4O2. The third-order valence-corrected chi connectivity index (χ3v) is 4.69. The maximum absolute atomic E-state index is 13.4. The number of nitrogens with zero attached hydrogens (tertiary/aromatic N) is 3. The summed E-state index contributed by atoms with van der Waals surface area (Å²) in [5.74, 6) is -0.950. The number of hydrogen-bond acceptors (Lipinski definition) is 4. The van der Waals surface area contributed by atoms with Crippen LogP contribution in [0.1, 0.15) is 35.6 Å². The molecule has 1 amide bonds. The first-order valence-electron chi connectivity index (χ1n) is 9.26. The normalized spacial score (nSPS) is 12.1. The lowest BCUT2D eigenvalue weighted by Gasteiger charge is -2.11. The summed E-state index contributed by atoms with van der Waals surface area (Å²) >= 11 is 0. The highest BCUT2D eigenvalue weighted by Crippen LogP contribution is 2.39. The Hall–Kier alpha value is -3.80. The molecule has 0 fully saturated rings. The van der Waals surface area contributed by atoms with Gasteiger partial charge in [0.1, 0.15) is 6.42 Å². The molecule has 3 aromatic rings. The number of alkyl halides is 3. The van der Waals surface area contributed by atoms with Crippen LogP contribution in [0.3, 0.4) is 0 Å². The third kappa shape index (κ3) is 4.38. The van der Waals surface area contributed by atoms with Gasteiger partial charge in [-0.1, -0.05) is 12.1 Å². The van der Waals surface area contributed by atoms with Crippen LogP contribution in [-0.4, -0.2) is 21.3 Å². The van der Waals surface area contributed by atoms with Crippen molar-refractivity contribution >= 4 is 22.5 Å². The van der Waals surface area contributed by atoms with Gasteiger partial charge in [0.25, 0.3) is 5.91 Å². The second kappa shape index (κ2) is 8.14. The van der Waals surface area contributed by atoms with E-state index in [0.717, 1.165) is 23.3 Å². The van der Waals surface area contributed by atoms with Gasteiger partial charge < -0.3 is 5.11 Å². The van der Waals surface area contributed by atoms with E-state index in [1.165, 1.54) is 17.6 Å². The van der Waals surface area contributed by atoms with E-state index in [-0.39, 0.29) is 22.7 Å². The number of carbonyl (C=O) groups is 1. The Morgan fingerprint density at radius 2 is 1.84 bits per heavy atom. The van der Waals surface area contributed by atoms with Crippen LogP contribution in [0.25, 0.3) is 16.6 Å². The monoisotopic (exact) mass is 428 g/mol. The molecule has 9 heteroatoms. The summed E-state index contributed by atoms with van der Waals surface area (Å²) in [7, 11) is 0. The number of aromatic nitrogens is 1. The summed E-state index contributed by atoms with van der Waals surface area (Å²) < 4.78 is 41.4. The molecular weight excluding hydrogens is 409 g/mol. The van der Waals surface area contributed by atoms with Gasteiger partial charge in [0, 0.05) is 11.1 Å². The van der Waals surface area contributed by atoms with Crippen LogP contribution in [0.4, 0.5) is 13.2 Å². The summed E-state index contributed by atoms with van der Waals surface area (Å²) in [5, 5.41) is 23.8. The quantitative estimate of drug-likeness (QED) is 0.465. The number of aromatic hydroxyl groups is 1. The predicted molar refractivity (Wildman–Crippen MR) is 110 cm³/mol. The molecule has 3 rings (SSSR count). The standard InChI is InChI=1S/C22H19F3N4O2/c1-12-8-13(2)10-16(9-12)29-18-11-15(22(23,24)25)4-5-17(18)20(21(29)31)14(3)27-28-19(30)6-7-26/h4-5,8-11,31H,6H2,1-3H3,(H,28,30). The summed E-state index contributed by atoms with van der Waals surface area (Å²) in [6, 6.07) is 10.3. The summed E-state index contributed by atoms with van der Waals surface area (Å²) in [6.45, 7) is 5.20. The summed E-state index contributed by atoms with van der Waals surface area (Å²) in [6.07, 6.45) is -4.96. The van der Waals surface area contributed by atoms with Crippen LogP contribution in [0.5, 0.6) is 5.88 Å². The van der Waals surface area contributed by atoms with E-state index in [1.807, 2.05) is 19.9 Å². The van der Waals surface area contributed by atoms with E-state index in [2.05, 4.69) is 10.5 Å². The molecule has 0 radical (unpaired) electrons. The number of amides is 1. The van der Waals surface area contributed by atoms with Gasteiger partial charge in [-0.05, 0) is 56.2 Å². The Kier molecular flexibility index (Phi) is 5.75. The van der Waals surface area contributed by atoms with Crippen molar-refractivity contribution < 1.29 is 23.1 Å². The van der Waals surface area contributed by atoms with Crippen LogP contribution in [-0.2, 0) is 11.0 Å². The van der Waals surface area contributed by atoms with Gasteiger partial charge in [0.15, 0.2) is 0 Å². The van der Waals surface area contributed by atoms with Crippen molar-refractivity contribution in [2.45, 2.75) is 33.4 Å².